The molecule has 0 atom stereocenters. The third-order valence-electron chi connectivity index (χ3n) is 4.20. The summed E-state index contributed by atoms with van der Waals surface area (Å²) in [4.78, 5) is 23.0. The summed E-state index contributed by atoms with van der Waals surface area (Å²) in [5.74, 6) is -0.685. The number of nitrogens with zero attached hydrogens (tertiary/aromatic N) is 4. The molecule has 1 N–H and O–H groups in total. The number of nitrogens with one attached hydrogen (secondary N) is 1. The third kappa shape index (κ3) is 4.51. The Kier molecular flexibility index (Phi) is 5.26. The minimum Gasteiger partial charge on any atom is -0.322 e. The van der Waals surface area contributed by atoms with Gasteiger partial charge in [0.05, 0.1) is 17.6 Å². The van der Waals surface area contributed by atoms with Gasteiger partial charge in [-0.1, -0.05) is 0 Å². The van der Waals surface area contributed by atoms with Gasteiger partial charge in [0.25, 0.3) is 0 Å². The van der Waals surface area contributed by atoms with E-state index in [1.54, 1.807) is 0 Å². The van der Waals surface area contributed by atoms with E-state index in [1.807, 2.05) is 11.9 Å². The first-order chi connectivity index (χ1) is 12.7. The van der Waals surface area contributed by atoms with Crippen LogP contribution in [0.1, 0.15) is 5.69 Å². The van der Waals surface area contributed by atoms with Gasteiger partial charge in [-0.2, -0.15) is 13.2 Å². The van der Waals surface area contributed by atoms with Gasteiger partial charge < -0.3 is 15.1 Å². The molecule has 3 rings (SSSR count). The SMILES string of the molecule is CN1CCN(C(=O)Nc2ccc(-c3cncc(F)c3)nc2C(F)(F)F)CC1. The van der Waals surface area contributed by atoms with E-state index in [0.29, 0.717) is 26.2 Å². The van der Waals surface area contributed by atoms with Gasteiger partial charge in [0.2, 0.25) is 0 Å². The Morgan fingerprint density at radius 1 is 1.15 bits per heavy atom. The maximum atomic E-state index is 13.4. The van der Waals surface area contributed by atoms with E-state index in [2.05, 4.69) is 15.3 Å². The van der Waals surface area contributed by atoms with Crippen molar-refractivity contribution in [3.8, 4) is 11.3 Å². The molecular formula is C17H17F4N5O. The van der Waals surface area contributed by atoms with Gasteiger partial charge in [-0.25, -0.2) is 14.2 Å². The fourth-order valence-electron chi connectivity index (χ4n) is 2.69. The molecule has 0 unspecified atom stereocenters. The average Bonchev–Trinajstić information content (AvgIpc) is 2.61. The lowest BCUT2D eigenvalue weighted by atomic mass is 10.1. The number of urea groups is 1. The summed E-state index contributed by atoms with van der Waals surface area (Å²) in [6.45, 7) is 2.13. The van der Waals surface area contributed by atoms with Crippen LogP contribution in [0.2, 0.25) is 0 Å². The zero-order valence-corrected chi connectivity index (χ0v) is 14.4. The van der Waals surface area contributed by atoms with E-state index in [0.717, 1.165) is 18.3 Å². The van der Waals surface area contributed by atoms with E-state index in [9.17, 15) is 22.4 Å². The van der Waals surface area contributed by atoms with Crippen molar-refractivity contribution in [1.29, 1.82) is 0 Å². The van der Waals surface area contributed by atoms with Crippen LogP contribution in [-0.4, -0.2) is 59.0 Å². The number of carbonyl (C=O) groups excluding carboxylic acids is 1. The Labute approximate surface area is 152 Å². The summed E-state index contributed by atoms with van der Waals surface area (Å²) in [5, 5.41) is 2.29. The number of alkyl halides is 3. The molecule has 1 saturated heterocycles. The highest BCUT2D eigenvalue weighted by Gasteiger charge is 2.37. The molecule has 0 spiro atoms. The molecule has 144 valence electrons. The number of amides is 2. The number of halogens is 4. The number of carbonyl (C=O) groups is 1. The van der Waals surface area contributed by atoms with Crippen LogP contribution in [-0.2, 0) is 6.18 Å². The van der Waals surface area contributed by atoms with Crippen LogP contribution >= 0.6 is 0 Å². The summed E-state index contributed by atoms with van der Waals surface area (Å²) in [7, 11) is 1.90. The molecule has 2 aromatic heterocycles. The Morgan fingerprint density at radius 3 is 2.48 bits per heavy atom. The molecule has 0 aromatic carbocycles. The van der Waals surface area contributed by atoms with Crippen LogP contribution in [0.5, 0.6) is 0 Å². The highest BCUT2D eigenvalue weighted by atomic mass is 19.4. The van der Waals surface area contributed by atoms with Gasteiger partial charge >= 0.3 is 12.2 Å². The Morgan fingerprint density at radius 2 is 1.85 bits per heavy atom. The lowest BCUT2D eigenvalue weighted by molar-refractivity contribution is -0.140. The number of likely N-dealkylation sites (N-methyl/N-ethyl adjacent to an activating group) is 1. The van der Waals surface area contributed by atoms with E-state index >= 15 is 0 Å². The second-order valence-corrected chi connectivity index (χ2v) is 6.20. The van der Waals surface area contributed by atoms with Gasteiger partial charge in [0.15, 0.2) is 5.69 Å². The highest BCUT2D eigenvalue weighted by Crippen LogP contribution is 2.35. The number of pyridine rings is 2. The molecule has 1 aliphatic rings. The van der Waals surface area contributed by atoms with Crippen LogP contribution < -0.4 is 5.32 Å². The standard InChI is InChI=1S/C17H17F4N5O/c1-25-4-6-26(7-5-25)16(27)24-14-3-2-13(23-15(14)17(19,20)21)11-8-12(18)10-22-9-11/h2-3,8-10H,4-7H2,1H3,(H,24,27). The topological polar surface area (TPSA) is 61.4 Å². The molecule has 27 heavy (non-hydrogen) atoms. The number of hydrogen-bond acceptors (Lipinski definition) is 4. The fraction of sp³-hybridized carbons (Fsp3) is 0.353. The van der Waals surface area contributed by atoms with Crippen molar-refractivity contribution >= 4 is 11.7 Å². The predicted molar refractivity (Wildman–Crippen MR) is 90.5 cm³/mol. The van der Waals surface area contributed by atoms with E-state index < -0.39 is 29.4 Å². The second-order valence-electron chi connectivity index (χ2n) is 6.20. The summed E-state index contributed by atoms with van der Waals surface area (Å²) in [5.41, 5.74) is -1.67. The fourth-order valence-corrected chi connectivity index (χ4v) is 2.69. The Hall–Kier alpha value is -2.75. The average molecular weight is 383 g/mol. The molecule has 3 heterocycles. The summed E-state index contributed by atoms with van der Waals surface area (Å²) in [6.07, 6.45) is -2.63. The van der Waals surface area contributed by atoms with Crippen molar-refractivity contribution in [3.63, 3.8) is 0 Å². The van der Waals surface area contributed by atoms with Crippen LogP contribution in [0.15, 0.2) is 30.6 Å². The summed E-state index contributed by atoms with van der Waals surface area (Å²) in [6, 6.07) is 2.82. The number of aromatic nitrogens is 2. The van der Waals surface area contributed by atoms with E-state index in [4.69, 9.17) is 0 Å². The predicted octanol–water partition coefficient (Wildman–Crippen LogP) is 3.08. The van der Waals surface area contributed by atoms with Gasteiger partial charge in [0, 0.05) is 37.9 Å². The molecular weight excluding hydrogens is 366 g/mol. The van der Waals surface area contributed by atoms with Crippen molar-refractivity contribution in [2.45, 2.75) is 6.18 Å². The quantitative estimate of drug-likeness (QED) is 0.810. The third-order valence-corrected chi connectivity index (χ3v) is 4.20. The van der Waals surface area contributed by atoms with Crippen molar-refractivity contribution < 1.29 is 22.4 Å². The number of piperazine rings is 1. The van der Waals surface area contributed by atoms with Crippen molar-refractivity contribution in [2.24, 2.45) is 0 Å². The lowest BCUT2D eigenvalue weighted by Crippen LogP contribution is -2.48. The summed E-state index contributed by atoms with van der Waals surface area (Å²) >= 11 is 0. The second kappa shape index (κ2) is 7.47. The maximum absolute atomic E-state index is 13.4. The van der Waals surface area contributed by atoms with Gasteiger partial charge in [-0.15, -0.1) is 0 Å². The minimum absolute atomic E-state index is 0.0908. The monoisotopic (exact) mass is 383 g/mol. The smallest absolute Gasteiger partial charge is 0.322 e. The number of rotatable bonds is 2. The van der Waals surface area contributed by atoms with Crippen molar-refractivity contribution in [2.75, 3.05) is 38.5 Å². The molecule has 2 amide bonds. The summed E-state index contributed by atoms with van der Waals surface area (Å²) < 4.78 is 53.6. The molecule has 0 radical (unpaired) electrons. The van der Waals surface area contributed by atoms with Crippen molar-refractivity contribution in [3.05, 3.63) is 42.1 Å². The van der Waals surface area contributed by atoms with Crippen LogP contribution in [0.4, 0.5) is 28.0 Å². The maximum Gasteiger partial charge on any atom is 0.435 e. The molecule has 0 aliphatic carbocycles. The van der Waals surface area contributed by atoms with Crippen molar-refractivity contribution in [1.82, 2.24) is 19.8 Å². The first-order valence-electron chi connectivity index (χ1n) is 8.17. The molecule has 1 fully saturated rings. The van der Waals surface area contributed by atoms with Crippen LogP contribution in [0.25, 0.3) is 11.3 Å². The van der Waals surface area contributed by atoms with E-state index in [-0.39, 0.29) is 11.3 Å². The number of hydrogen-bond donors (Lipinski definition) is 1. The number of anilines is 1. The molecule has 0 saturated carbocycles. The molecule has 1 aliphatic heterocycles. The van der Waals surface area contributed by atoms with Gasteiger partial charge in [-0.3, -0.25) is 4.98 Å². The first kappa shape index (κ1) is 19.0. The molecule has 2 aromatic rings. The van der Waals surface area contributed by atoms with Crippen LogP contribution in [0, 0.1) is 5.82 Å². The highest BCUT2D eigenvalue weighted by molar-refractivity contribution is 5.90. The largest absolute Gasteiger partial charge is 0.435 e. The first-order valence-corrected chi connectivity index (χ1v) is 8.17. The van der Waals surface area contributed by atoms with Gasteiger partial charge in [0.1, 0.15) is 5.82 Å². The Bertz CT molecular complexity index is 834. The normalized spacial score (nSPS) is 15.7. The Balaban J connectivity index is 1.87. The minimum atomic E-state index is -4.79. The molecule has 6 nitrogen and oxygen atoms in total. The van der Waals surface area contributed by atoms with Gasteiger partial charge in [-0.05, 0) is 25.2 Å². The van der Waals surface area contributed by atoms with E-state index in [1.165, 1.54) is 17.2 Å². The zero-order chi connectivity index (χ0) is 19.6. The molecule has 10 heteroatoms. The zero-order valence-electron chi connectivity index (χ0n) is 14.4. The molecule has 0 bridgehead atoms. The lowest BCUT2D eigenvalue weighted by Gasteiger charge is -2.32. The van der Waals surface area contributed by atoms with Crippen LogP contribution in [0.3, 0.4) is 0 Å².